The van der Waals surface area contributed by atoms with Gasteiger partial charge in [0.1, 0.15) is 5.56 Å². The number of aromatic nitrogens is 2. The second-order valence-corrected chi connectivity index (χ2v) is 7.09. The van der Waals surface area contributed by atoms with E-state index in [1.165, 1.54) is 16.9 Å². The maximum atomic E-state index is 12.6. The van der Waals surface area contributed by atoms with Crippen molar-refractivity contribution in [3.8, 4) is 0 Å². The molecule has 0 aliphatic rings. The van der Waals surface area contributed by atoms with Crippen molar-refractivity contribution in [2.75, 3.05) is 5.32 Å². The van der Waals surface area contributed by atoms with Gasteiger partial charge in [-0.05, 0) is 38.0 Å². The molecular formula is C17H19N3O2S. The maximum absolute atomic E-state index is 12.6. The summed E-state index contributed by atoms with van der Waals surface area (Å²) < 4.78 is 6.35. The Hall–Kier alpha value is -2.21. The number of nitrogens with one attached hydrogen (secondary N) is 1. The number of carbonyl (C=O) groups is 1. The average molecular weight is 329 g/mol. The monoisotopic (exact) mass is 329 g/mol. The van der Waals surface area contributed by atoms with Crippen molar-refractivity contribution in [3.63, 3.8) is 0 Å². The molecular weight excluding hydrogens is 310 g/mol. The Balaban J connectivity index is 1.95. The Morgan fingerprint density at radius 2 is 2.00 bits per heavy atom. The molecule has 120 valence electrons. The van der Waals surface area contributed by atoms with Gasteiger partial charge in [0.25, 0.3) is 5.91 Å². The fourth-order valence-corrected chi connectivity index (χ4v) is 3.68. The van der Waals surface area contributed by atoms with Crippen molar-refractivity contribution in [1.29, 1.82) is 0 Å². The van der Waals surface area contributed by atoms with Gasteiger partial charge in [-0.3, -0.25) is 10.1 Å². The van der Waals surface area contributed by atoms with Crippen LogP contribution in [0.5, 0.6) is 0 Å². The second-order valence-electron chi connectivity index (χ2n) is 6.06. The molecule has 1 N–H and O–H groups in total. The lowest BCUT2D eigenvalue weighted by atomic mass is 10.0. The molecule has 2 aromatic heterocycles. The van der Waals surface area contributed by atoms with E-state index in [2.05, 4.69) is 34.5 Å². The number of aryl methyl sites for hydroxylation is 3. The highest BCUT2D eigenvalue weighted by molar-refractivity contribution is 7.22. The molecule has 5 nitrogen and oxygen atoms in total. The molecule has 0 aliphatic heterocycles. The van der Waals surface area contributed by atoms with E-state index in [1.807, 2.05) is 20.8 Å². The van der Waals surface area contributed by atoms with Crippen LogP contribution >= 0.6 is 11.3 Å². The standard InChI is InChI=1S/C17H19N3O2S/c1-8(2)15-13(11(5)20-22-15)16(21)19-17-18-14-10(4)6-9(3)7-12(14)23-17/h6-8H,1-5H3,(H,18,19,21). The first kappa shape index (κ1) is 15.7. The van der Waals surface area contributed by atoms with Gasteiger partial charge in [0.2, 0.25) is 0 Å². The number of amides is 1. The number of nitrogens with zero attached hydrogens (tertiary/aromatic N) is 2. The normalized spacial score (nSPS) is 11.4. The molecule has 1 amide bonds. The van der Waals surface area contributed by atoms with Crippen LogP contribution in [-0.2, 0) is 0 Å². The number of carbonyl (C=O) groups excluding carboxylic acids is 1. The van der Waals surface area contributed by atoms with E-state index >= 15 is 0 Å². The molecule has 0 atom stereocenters. The van der Waals surface area contributed by atoms with E-state index in [0.717, 1.165) is 15.8 Å². The van der Waals surface area contributed by atoms with E-state index < -0.39 is 0 Å². The minimum absolute atomic E-state index is 0.0946. The van der Waals surface area contributed by atoms with Gasteiger partial charge in [-0.1, -0.05) is 36.4 Å². The van der Waals surface area contributed by atoms with Crippen molar-refractivity contribution >= 4 is 32.6 Å². The minimum Gasteiger partial charge on any atom is -0.360 e. The average Bonchev–Trinajstić information content (AvgIpc) is 3.02. The molecule has 0 aliphatic carbocycles. The van der Waals surface area contributed by atoms with Crippen LogP contribution in [0.4, 0.5) is 5.13 Å². The van der Waals surface area contributed by atoms with Gasteiger partial charge in [0, 0.05) is 5.92 Å². The summed E-state index contributed by atoms with van der Waals surface area (Å²) in [6.07, 6.45) is 0. The maximum Gasteiger partial charge on any atom is 0.262 e. The largest absolute Gasteiger partial charge is 0.360 e. The smallest absolute Gasteiger partial charge is 0.262 e. The first-order chi connectivity index (χ1) is 10.9. The van der Waals surface area contributed by atoms with Gasteiger partial charge in [-0.25, -0.2) is 4.98 Å². The van der Waals surface area contributed by atoms with Crippen LogP contribution in [0, 0.1) is 20.8 Å². The lowest BCUT2D eigenvalue weighted by molar-refractivity contribution is 0.102. The highest BCUT2D eigenvalue weighted by atomic mass is 32.1. The Morgan fingerprint density at radius 3 is 2.70 bits per heavy atom. The number of hydrogen-bond donors (Lipinski definition) is 1. The number of hydrogen-bond acceptors (Lipinski definition) is 5. The number of rotatable bonds is 3. The van der Waals surface area contributed by atoms with Crippen LogP contribution in [0.3, 0.4) is 0 Å². The second kappa shape index (κ2) is 5.77. The van der Waals surface area contributed by atoms with Crippen LogP contribution < -0.4 is 5.32 Å². The fraction of sp³-hybridized carbons (Fsp3) is 0.353. The van der Waals surface area contributed by atoms with Crippen LogP contribution in [0.2, 0.25) is 0 Å². The number of anilines is 1. The summed E-state index contributed by atoms with van der Waals surface area (Å²) in [6, 6.07) is 4.18. The van der Waals surface area contributed by atoms with Crippen LogP contribution in [0.25, 0.3) is 10.2 Å². The third kappa shape index (κ3) is 2.86. The van der Waals surface area contributed by atoms with E-state index in [0.29, 0.717) is 22.1 Å². The molecule has 0 unspecified atom stereocenters. The van der Waals surface area contributed by atoms with E-state index in [4.69, 9.17) is 4.52 Å². The Kier molecular flexibility index (Phi) is 3.93. The van der Waals surface area contributed by atoms with Crippen molar-refractivity contribution in [1.82, 2.24) is 10.1 Å². The summed E-state index contributed by atoms with van der Waals surface area (Å²) in [5.74, 6) is 0.478. The zero-order chi connectivity index (χ0) is 16.7. The molecule has 3 rings (SSSR count). The molecule has 0 bridgehead atoms. The quantitative estimate of drug-likeness (QED) is 0.763. The van der Waals surface area contributed by atoms with Crippen LogP contribution in [0.15, 0.2) is 16.7 Å². The number of thiazole rings is 1. The lowest BCUT2D eigenvalue weighted by Crippen LogP contribution is -2.14. The van der Waals surface area contributed by atoms with Gasteiger partial charge in [-0.15, -0.1) is 0 Å². The summed E-state index contributed by atoms with van der Waals surface area (Å²) in [5, 5.41) is 7.39. The molecule has 23 heavy (non-hydrogen) atoms. The van der Waals surface area contributed by atoms with Crippen molar-refractivity contribution in [3.05, 3.63) is 40.3 Å². The molecule has 3 aromatic rings. The Labute approximate surface area is 138 Å². The highest BCUT2D eigenvalue weighted by Gasteiger charge is 2.23. The van der Waals surface area contributed by atoms with Crippen LogP contribution in [0.1, 0.15) is 52.7 Å². The Morgan fingerprint density at radius 1 is 1.26 bits per heavy atom. The lowest BCUT2D eigenvalue weighted by Gasteiger charge is -2.04. The molecule has 1 aromatic carbocycles. The third-order valence-electron chi connectivity index (χ3n) is 3.69. The summed E-state index contributed by atoms with van der Waals surface area (Å²) in [5.41, 5.74) is 4.34. The first-order valence-electron chi connectivity index (χ1n) is 7.52. The summed E-state index contributed by atoms with van der Waals surface area (Å²) in [4.78, 5) is 17.1. The van der Waals surface area contributed by atoms with Crippen molar-refractivity contribution < 1.29 is 9.32 Å². The third-order valence-corrected chi connectivity index (χ3v) is 4.61. The zero-order valence-corrected chi connectivity index (χ0v) is 14.7. The molecule has 0 radical (unpaired) electrons. The zero-order valence-electron chi connectivity index (χ0n) is 13.9. The molecule has 0 spiro atoms. The van der Waals surface area contributed by atoms with Gasteiger partial charge >= 0.3 is 0 Å². The number of benzene rings is 1. The Bertz CT molecular complexity index is 893. The van der Waals surface area contributed by atoms with Crippen molar-refractivity contribution in [2.45, 2.75) is 40.5 Å². The summed E-state index contributed by atoms with van der Waals surface area (Å²) in [6.45, 7) is 9.80. The molecule has 2 heterocycles. The number of fused-ring (bicyclic) bond motifs is 1. The topological polar surface area (TPSA) is 68.0 Å². The van der Waals surface area contributed by atoms with Crippen LogP contribution in [-0.4, -0.2) is 16.0 Å². The predicted octanol–water partition coefficient (Wildman–Crippen LogP) is 4.59. The molecule has 0 saturated carbocycles. The SMILES string of the molecule is Cc1cc(C)c2nc(NC(=O)c3c(C)noc3C(C)C)sc2c1. The molecule has 0 fully saturated rings. The fourth-order valence-electron chi connectivity index (χ4n) is 2.64. The van der Waals surface area contributed by atoms with Gasteiger partial charge in [0.15, 0.2) is 10.9 Å². The first-order valence-corrected chi connectivity index (χ1v) is 8.33. The minimum atomic E-state index is -0.221. The summed E-state index contributed by atoms with van der Waals surface area (Å²) >= 11 is 1.48. The van der Waals surface area contributed by atoms with Gasteiger partial charge < -0.3 is 4.52 Å². The van der Waals surface area contributed by atoms with Gasteiger partial charge in [0.05, 0.1) is 15.9 Å². The predicted molar refractivity (Wildman–Crippen MR) is 92.4 cm³/mol. The highest BCUT2D eigenvalue weighted by Crippen LogP contribution is 2.30. The van der Waals surface area contributed by atoms with E-state index in [9.17, 15) is 4.79 Å². The summed E-state index contributed by atoms with van der Waals surface area (Å²) in [7, 11) is 0. The van der Waals surface area contributed by atoms with Gasteiger partial charge in [-0.2, -0.15) is 0 Å². The van der Waals surface area contributed by atoms with Crippen molar-refractivity contribution in [2.24, 2.45) is 0 Å². The molecule has 0 saturated heterocycles. The van der Waals surface area contributed by atoms with E-state index in [-0.39, 0.29) is 11.8 Å². The molecule has 6 heteroatoms. The van der Waals surface area contributed by atoms with E-state index in [1.54, 1.807) is 6.92 Å².